The van der Waals surface area contributed by atoms with E-state index in [1.807, 2.05) is 25.1 Å². The molecule has 224 valence electrons. The summed E-state index contributed by atoms with van der Waals surface area (Å²) in [7, 11) is 0. The standard InChI is InChI=1S/C32H34F2N6O3/c1-22-14-27(39-12-10-38(11-13-39)26-5-2-24(3-6-26)31(35)41)7-9-30(22)42-17-23-16-32(43-18-23,19-40-21-36-20-37-40)28-8-4-25(33)15-29(28)34/h2-9,14-15,20-21,23H,10-13,16-19H2,1H3,(H2,35,41)/t23-,32+/m1/s1. The molecule has 3 aromatic carbocycles. The minimum atomic E-state index is -1.01. The molecule has 2 atom stereocenters. The lowest BCUT2D eigenvalue weighted by molar-refractivity contribution is -0.0206. The lowest BCUT2D eigenvalue weighted by Gasteiger charge is -2.37. The molecule has 4 aromatic rings. The van der Waals surface area contributed by atoms with Gasteiger partial charge in [-0.15, -0.1) is 0 Å². The van der Waals surface area contributed by atoms with Crippen molar-refractivity contribution in [2.45, 2.75) is 25.5 Å². The number of aryl methyl sites for hydroxylation is 1. The van der Waals surface area contributed by atoms with Crippen molar-refractivity contribution in [2.24, 2.45) is 11.7 Å². The first-order chi connectivity index (χ1) is 20.8. The summed E-state index contributed by atoms with van der Waals surface area (Å²) in [5.41, 5.74) is 8.40. The number of aromatic nitrogens is 3. The molecule has 6 rings (SSSR count). The number of nitrogens with zero attached hydrogens (tertiary/aromatic N) is 5. The van der Waals surface area contributed by atoms with Crippen LogP contribution < -0.4 is 20.3 Å². The molecule has 0 spiro atoms. The van der Waals surface area contributed by atoms with Crippen LogP contribution in [0.1, 0.15) is 27.9 Å². The van der Waals surface area contributed by atoms with Gasteiger partial charge >= 0.3 is 0 Å². The Kier molecular flexibility index (Phi) is 7.98. The third-order valence-corrected chi connectivity index (χ3v) is 8.31. The fraction of sp³-hybridized carbons (Fsp3) is 0.344. The van der Waals surface area contributed by atoms with Gasteiger partial charge in [0.15, 0.2) is 0 Å². The highest BCUT2D eigenvalue weighted by atomic mass is 19.1. The molecule has 0 saturated carbocycles. The van der Waals surface area contributed by atoms with Crippen LogP contribution in [0, 0.1) is 24.5 Å². The highest BCUT2D eigenvalue weighted by Gasteiger charge is 2.44. The van der Waals surface area contributed by atoms with Crippen LogP contribution in [0.2, 0.25) is 0 Å². The predicted molar refractivity (Wildman–Crippen MR) is 158 cm³/mol. The summed E-state index contributed by atoms with van der Waals surface area (Å²) in [6, 6.07) is 17.2. The Morgan fingerprint density at radius 2 is 1.74 bits per heavy atom. The average molecular weight is 589 g/mol. The van der Waals surface area contributed by atoms with Crippen LogP contribution in [0.15, 0.2) is 73.3 Å². The zero-order valence-corrected chi connectivity index (χ0v) is 24.0. The summed E-state index contributed by atoms with van der Waals surface area (Å²) >= 11 is 0. The number of halogens is 2. The second kappa shape index (κ2) is 12.0. The number of nitrogens with two attached hydrogens (primary N) is 1. The van der Waals surface area contributed by atoms with E-state index in [1.54, 1.807) is 23.1 Å². The van der Waals surface area contributed by atoms with E-state index in [0.717, 1.165) is 54.9 Å². The van der Waals surface area contributed by atoms with Gasteiger partial charge in [-0.2, -0.15) is 5.10 Å². The number of rotatable bonds is 9. The predicted octanol–water partition coefficient (Wildman–Crippen LogP) is 4.30. The summed E-state index contributed by atoms with van der Waals surface area (Å²) in [5.74, 6) is -0.912. The molecule has 43 heavy (non-hydrogen) atoms. The molecule has 0 aliphatic carbocycles. The van der Waals surface area contributed by atoms with Crippen LogP contribution in [0.3, 0.4) is 0 Å². The Hall–Kier alpha value is -4.51. The van der Waals surface area contributed by atoms with E-state index in [4.69, 9.17) is 15.2 Å². The first kappa shape index (κ1) is 28.6. The van der Waals surface area contributed by atoms with Crippen LogP contribution >= 0.6 is 0 Å². The molecule has 9 nitrogen and oxygen atoms in total. The fourth-order valence-corrected chi connectivity index (χ4v) is 6.05. The molecule has 3 heterocycles. The second-order valence-electron chi connectivity index (χ2n) is 11.2. The maximum Gasteiger partial charge on any atom is 0.248 e. The van der Waals surface area contributed by atoms with Crippen molar-refractivity contribution in [3.63, 3.8) is 0 Å². The maximum absolute atomic E-state index is 14.9. The van der Waals surface area contributed by atoms with Crippen molar-refractivity contribution < 1.29 is 23.0 Å². The zero-order chi connectivity index (χ0) is 30.0. The van der Waals surface area contributed by atoms with E-state index >= 15 is 0 Å². The number of hydrogen-bond donors (Lipinski definition) is 1. The van der Waals surface area contributed by atoms with E-state index < -0.39 is 23.1 Å². The van der Waals surface area contributed by atoms with Crippen molar-refractivity contribution in [2.75, 3.05) is 49.2 Å². The summed E-state index contributed by atoms with van der Waals surface area (Å²) in [4.78, 5) is 20.0. The Labute approximate surface area is 248 Å². The zero-order valence-electron chi connectivity index (χ0n) is 24.0. The van der Waals surface area contributed by atoms with Crippen LogP contribution in [0.25, 0.3) is 0 Å². The van der Waals surface area contributed by atoms with Gasteiger partial charge in [0.1, 0.15) is 35.6 Å². The summed E-state index contributed by atoms with van der Waals surface area (Å²) in [5, 5.41) is 4.18. The van der Waals surface area contributed by atoms with Gasteiger partial charge in [0.2, 0.25) is 5.91 Å². The topological polar surface area (TPSA) is 98.7 Å². The Morgan fingerprint density at radius 1 is 1.02 bits per heavy atom. The number of carbonyl (C=O) groups excluding carboxylic acids is 1. The van der Waals surface area contributed by atoms with E-state index in [2.05, 4.69) is 32.0 Å². The number of anilines is 2. The lowest BCUT2D eigenvalue weighted by atomic mass is 9.87. The third-order valence-electron chi connectivity index (χ3n) is 8.31. The normalized spacial score (nSPS) is 20.4. The molecular weight excluding hydrogens is 554 g/mol. The highest BCUT2D eigenvalue weighted by molar-refractivity contribution is 5.93. The monoisotopic (exact) mass is 588 g/mol. The van der Waals surface area contributed by atoms with E-state index in [9.17, 15) is 13.6 Å². The number of benzene rings is 3. The number of hydrogen-bond acceptors (Lipinski definition) is 7. The molecule has 1 amide bonds. The van der Waals surface area contributed by atoms with Crippen molar-refractivity contribution in [3.8, 4) is 5.75 Å². The molecular formula is C32H34F2N6O3. The third kappa shape index (κ3) is 6.17. The number of primary amides is 1. The second-order valence-corrected chi connectivity index (χ2v) is 11.2. The van der Waals surface area contributed by atoms with E-state index in [1.165, 1.54) is 18.5 Å². The lowest BCUT2D eigenvalue weighted by Crippen LogP contribution is -2.46. The number of amides is 1. The van der Waals surface area contributed by atoms with Gasteiger partial charge in [-0.25, -0.2) is 18.4 Å². The van der Waals surface area contributed by atoms with Gasteiger partial charge in [-0.3, -0.25) is 4.79 Å². The van der Waals surface area contributed by atoms with Gasteiger partial charge in [0.25, 0.3) is 0 Å². The maximum atomic E-state index is 14.9. The molecule has 0 radical (unpaired) electrons. The van der Waals surface area contributed by atoms with Crippen molar-refractivity contribution in [3.05, 3.63) is 102 Å². The van der Waals surface area contributed by atoms with Crippen LogP contribution in [0.5, 0.6) is 5.75 Å². The van der Waals surface area contributed by atoms with Gasteiger partial charge in [0, 0.05) is 60.7 Å². The van der Waals surface area contributed by atoms with Crippen LogP contribution in [0.4, 0.5) is 20.2 Å². The van der Waals surface area contributed by atoms with Crippen molar-refractivity contribution in [1.29, 1.82) is 0 Å². The first-order valence-corrected chi connectivity index (χ1v) is 14.3. The summed E-state index contributed by atoms with van der Waals surface area (Å²) in [6.07, 6.45) is 3.47. The minimum Gasteiger partial charge on any atom is -0.493 e. The fourth-order valence-electron chi connectivity index (χ4n) is 6.05. The smallest absolute Gasteiger partial charge is 0.248 e. The first-order valence-electron chi connectivity index (χ1n) is 14.3. The largest absolute Gasteiger partial charge is 0.493 e. The molecule has 11 heteroatoms. The van der Waals surface area contributed by atoms with E-state index in [0.29, 0.717) is 30.8 Å². The SMILES string of the molecule is Cc1cc(N2CCN(c3ccc(C(N)=O)cc3)CC2)ccc1OC[C@@H]1CO[C@@](Cn2cncn2)(c2ccc(F)cc2F)C1. The number of ether oxygens (including phenoxy) is 2. The molecule has 2 N–H and O–H groups in total. The molecule has 0 unspecified atom stereocenters. The van der Waals surface area contributed by atoms with Gasteiger partial charge in [-0.05, 0) is 67.4 Å². The summed E-state index contributed by atoms with van der Waals surface area (Å²) < 4.78 is 42.7. The van der Waals surface area contributed by atoms with Gasteiger partial charge in [0.05, 0.1) is 19.8 Å². The molecule has 0 bridgehead atoms. The quantitative estimate of drug-likeness (QED) is 0.311. The molecule has 1 aromatic heterocycles. The Morgan fingerprint density at radius 3 is 2.40 bits per heavy atom. The average Bonchev–Trinajstić information content (AvgIpc) is 3.67. The Balaban J connectivity index is 1.07. The number of carbonyl (C=O) groups is 1. The molecule has 2 aliphatic heterocycles. The van der Waals surface area contributed by atoms with Gasteiger partial charge < -0.3 is 25.0 Å². The van der Waals surface area contributed by atoms with Crippen LogP contribution in [-0.2, 0) is 16.9 Å². The van der Waals surface area contributed by atoms with Gasteiger partial charge in [-0.1, -0.05) is 6.07 Å². The molecule has 2 saturated heterocycles. The van der Waals surface area contributed by atoms with Crippen molar-refractivity contribution in [1.82, 2.24) is 14.8 Å². The Bertz CT molecular complexity index is 1570. The highest BCUT2D eigenvalue weighted by Crippen LogP contribution is 2.42. The summed E-state index contributed by atoms with van der Waals surface area (Å²) in [6.45, 7) is 6.51. The molecule has 2 aliphatic rings. The minimum absolute atomic E-state index is 0.00262. The molecule has 2 fully saturated rings. The number of piperazine rings is 1. The van der Waals surface area contributed by atoms with E-state index in [-0.39, 0.29) is 12.5 Å². The van der Waals surface area contributed by atoms with Crippen molar-refractivity contribution >= 4 is 17.3 Å². The van der Waals surface area contributed by atoms with Crippen LogP contribution in [-0.4, -0.2) is 60.1 Å².